The summed E-state index contributed by atoms with van der Waals surface area (Å²) in [5.41, 5.74) is 6.13. The Balaban J connectivity index is 3.07. The number of amidine groups is 1. The molecule has 100 valence electrons. The lowest BCUT2D eigenvalue weighted by Gasteiger charge is -2.17. The highest BCUT2D eigenvalue weighted by Crippen LogP contribution is 2.36. The molecule has 0 bridgehead atoms. The van der Waals surface area contributed by atoms with Crippen LogP contribution in [0.5, 0.6) is 11.5 Å². The van der Waals surface area contributed by atoms with Gasteiger partial charge in [0.2, 0.25) is 0 Å². The summed E-state index contributed by atoms with van der Waals surface area (Å²) in [5, 5.41) is 15.0. The van der Waals surface area contributed by atoms with Crippen molar-refractivity contribution in [3.05, 3.63) is 17.2 Å². The Kier molecular flexibility index (Phi) is 4.91. The molecule has 4 N–H and O–H groups in total. The summed E-state index contributed by atoms with van der Waals surface area (Å²) in [7, 11) is 3.04. The van der Waals surface area contributed by atoms with E-state index in [1.54, 1.807) is 19.1 Å². The SMILES string of the molecule is COc1cc(NC(C)C(N)=NO)c(OC)cc1Cl. The zero-order valence-corrected chi connectivity index (χ0v) is 11.2. The molecule has 1 aromatic carbocycles. The first-order valence-electron chi connectivity index (χ1n) is 5.19. The van der Waals surface area contributed by atoms with Crippen molar-refractivity contribution >= 4 is 23.1 Å². The Morgan fingerprint density at radius 3 is 2.50 bits per heavy atom. The number of hydrogen-bond donors (Lipinski definition) is 3. The van der Waals surface area contributed by atoms with E-state index < -0.39 is 0 Å². The molecular formula is C11H16ClN3O3. The lowest BCUT2D eigenvalue weighted by molar-refractivity contribution is 0.316. The lowest BCUT2D eigenvalue weighted by Crippen LogP contribution is -2.33. The molecule has 0 amide bonds. The van der Waals surface area contributed by atoms with Crippen LogP contribution in [0, 0.1) is 0 Å². The fraction of sp³-hybridized carbons (Fsp3) is 0.364. The maximum atomic E-state index is 8.60. The van der Waals surface area contributed by atoms with Crippen LogP contribution < -0.4 is 20.5 Å². The highest BCUT2D eigenvalue weighted by Gasteiger charge is 2.14. The van der Waals surface area contributed by atoms with Crippen molar-refractivity contribution in [1.29, 1.82) is 0 Å². The van der Waals surface area contributed by atoms with Gasteiger partial charge >= 0.3 is 0 Å². The minimum Gasteiger partial charge on any atom is -0.495 e. The van der Waals surface area contributed by atoms with Crippen LogP contribution in [-0.2, 0) is 0 Å². The van der Waals surface area contributed by atoms with E-state index in [4.69, 9.17) is 32.0 Å². The van der Waals surface area contributed by atoms with Gasteiger partial charge in [-0.3, -0.25) is 0 Å². The van der Waals surface area contributed by atoms with Crippen molar-refractivity contribution in [3.8, 4) is 11.5 Å². The van der Waals surface area contributed by atoms with Gasteiger partial charge in [-0.15, -0.1) is 0 Å². The van der Waals surface area contributed by atoms with Gasteiger partial charge < -0.3 is 25.7 Å². The molecule has 1 aromatic rings. The quantitative estimate of drug-likeness (QED) is 0.330. The fourth-order valence-electron chi connectivity index (χ4n) is 1.37. The first-order chi connectivity index (χ1) is 8.53. The standard InChI is InChI=1S/C11H16ClN3O3/c1-6(11(13)15-16)14-8-5-9(17-2)7(12)4-10(8)18-3/h4-6,14,16H,1-3H3,(H2,13,15). The topological polar surface area (TPSA) is 89.1 Å². The zero-order valence-electron chi connectivity index (χ0n) is 10.4. The summed E-state index contributed by atoms with van der Waals surface area (Å²) in [6.07, 6.45) is 0. The number of anilines is 1. The van der Waals surface area contributed by atoms with Gasteiger partial charge in [0.15, 0.2) is 5.84 Å². The average molecular weight is 274 g/mol. The number of rotatable bonds is 5. The fourth-order valence-corrected chi connectivity index (χ4v) is 1.60. The number of ether oxygens (including phenoxy) is 2. The Labute approximate surface area is 110 Å². The molecular weight excluding hydrogens is 258 g/mol. The van der Waals surface area contributed by atoms with Crippen LogP contribution in [0.4, 0.5) is 5.69 Å². The third-order valence-electron chi connectivity index (χ3n) is 2.41. The van der Waals surface area contributed by atoms with Crippen LogP contribution in [0.1, 0.15) is 6.92 Å². The van der Waals surface area contributed by atoms with E-state index in [-0.39, 0.29) is 11.9 Å². The summed E-state index contributed by atoms with van der Waals surface area (Å²) in [5.74, 6) is 1.11. The molecule has 0 fully saturated rings. The van der Waals surface area contributed by atoms with Gasteiger partial charge in [-0.25, -0.2) is 0 Å². The highest BCUT2D eigenvalue weighted by atomic mass is 35.5. The predicted octanol–water partition coefficient (Wildman–Crippen LogP) is 1.90. The molecule has 0 saturated heterocycles. The van der Waals surface area contributed by atoms with Crippen LogP contribution >= 0.6 is 11.6 Å². The van der Waals surface area contributed by atoms with E-state index in [1.165, 1.54) is 14.2 Å². The van der Waals surface area contributed by atoms with Crippen LogP contribution in [-0.4, -0.2) is 31.3 Å². The van der Waals surface area contributed by atoms with Gasteiger partial charge in [0, 0.05) is 12.1 Å². The van der Waals surface area contributed by atoms with Crippen molar-refractivity contribution in [2.75, 3.05) is 19.5 Å². The Hall–Kier alpha value is -1.82. The first-order valence-corrected chi connectivity index (χ1v) is 5.56. The van der Waals surface area contributed by atoms with Gasteiger partial charge in [0.25, 0.3) is 0 Å². The highest BCUT2D eigenvalue weighted by molar-refractivity contribution is 6.32. The number of nitrogens with one attached hydrogen (secondary N) is 1. The number of nitrogens with zero attached hydrogens (tertiary/aromatic N) is 1. The predicted molar refractivity (Wildman–Crippen MR) is 71.0 cm³/mol. The van der Waals surface area contributed by atoms with Gasteiger partial charge in [0.05, 0.1) is 31.0 Å². The summed E-state index contributed by atoms with van der Waals surface area (Å²) in [6.45, 7) is 1.75. The maximum Gasteiger partial charge on any atom is 0.161 e. The molecule has 1 atom stereocenters. The third-order valence-corrected chi connectivity index (χ3v) is 2.70. The monoisotopic (exact) mass is 273 g/mol. The van der Waals surface area contributed by atoms with Crippen molar-refractivity contribution in [2.45, 2.75) is 13.0 Å². The molecule has 0 saturated carbocycles. The van der Waals surface area contributed by atoms with Crippen LogP contribution in [0.3, 0.4) is 0 Å². The largest absolute Gasteiger partial charge is 0.495 e. The molecule has 1 unspecified atom stereocenters. The van der Waals surface area contributed by atoms with Crippen LogP contribution in [0.25, 0.3) is 0 Å². The number of hydrogen-bond acceptors (Lipinski definition) is 5. The van der Waals surface area contributed by atoms with Crippen LogP contribution in [0.15, 0.2) is 17.3 Å². The number of nitrogens with two attached hydrogens (primary N) is 1. The van der Waals surface area contributed by atoms with Gasteiger partial charge in [-0.05, 0) is 6.92 Å². The Morgan fingerprint density at radius 2 is 2.00 bits per heavy atom. The molecule has 18 heavy (non-hydrogen) atoms. The van der Waals surface area contributed by atoms with Crippen molar-refractivity contribution < 1.29 is 14.7 Å². The average Bonchev–Trinajstić information content (AvgIpc) is 2.38. The second kappa shape index (κ2) is 6.20. The summed E-state index contributed by atoms with van der Waals surface area (Å²) >= 11 is 5.99. The molecule has 0 heterocycles. The molecule has 1 rings (SSSR count). The molecule has 0 aromatic heterocycles. The number of methoxy groups -OCH3 is 2. The lowest BCUT2D eigenvalue weighted by atomic mass is 10.2. The molecule has 0 radical (unpaired) electrons. The molecule has 0 aliphatic rings. The minimum atomic E-state index is -0.366. The smallest absolute Gasteiger partial charge is 0.161 e. The van der Waals surface area contributed by atoms with E-state index in [0.717, 1.165) is 0 Å². The third kappa shape index (κ3) is 3.10. The molecule has 0 aliphatic carbocycles. The van der Waals surface area contributed by atoms with Crippen molar-refractivity contribution in [2.24, 2.45) is 10.9 Å². The van der Waals surface area contributed by atoms with Crippen molar-refractivity contribution in [1.82, 2.24) is 0 Å². The normalized spacial score (nSPS) is 13.0. The van der Waals surface area contributed by atoms with E-state index in [1.807, 2.05) is 0 Å². The van der Waals surface area contributed by atoms with Crippen molar-refractivity contribution in [3.63, 3.8) is 0 Å². The molecule has 6 nitrogen and oxygen atoms in total. The second-order valence-electron chi connectivity index (χ2n) is 3.58. The second-order valence-corrected chi connectivity index (χ2v) is 3.99. The number of benzene rings is 1. The van der Waals surface area contributed by atoms with Crippen LogP contribution in [0.2, 0.25) is 5.02 Å². The number of halogens is 1. The summed E-state index contributed by atoms with van der Waals surface area (Å²) in [4.78, 5) is 0. The Bertz CT molecular complexity index is 451. The molecule has 0 aliphatic heterocycles. The molecule has 7 heteroatoms. The van der Waals surface area contributed by atoms with E-state index in [2.05, 4.69) is 10.5 Å². The van der Waals surface area contributed by atoms with E-state index in [0.29, 0.717) is 22.2 Å². The maximum absolute atomic E-state index is 8.60. The number of oxime groups is 1. The van der Waals surface area contributed by atoms with E-state index in [9.17, 15) is 0 Å². The minimum absolute atomic E-state index is 0.0611. The van der Waals surface area contributed by atoms with E-state index >= 15 is 0 Å². The van der Waals surface area contributed by atoms with Gasteiger partial charge in [-0.1, -0.05) is 16.8 Å². The van der Waals surface area contributed by atoms with Gasteiger partial charge in [0.1, 0.15) is 11.5 Å². The summed E-state index contributed by atoms with van der Waals surface area (Å²) in [6, 6.07) is 2.94. The molecule has 0 spiro atoms. The first kappa shape index (κ1) is 14.2. The van der Waals surface area contributed by atoms with Gasteiger partial charge in [-0.2, -0.15) is 0 Å². The zero-order chi connectivity index (χ0) is 13.7. The Morgan fingerprint density at radius 1 is 1.39 bits per heavy atom. The summed E-state index contributed by atoms with van der Waals surface area (Å²) < 4.78 is 10.3.